The molecule has 0 radical (unpaired) electrons. The second-order valence-corrected chi connectivity index (χ2v) is 8.41. The molecule has 0 aliphatic carbocycles. The zero-order valence-corrected chi connectivity index (χ0v) is 14.8. The minimum absolute atomic E-state index is 0.0672. The minimum atomic E-state index is -0.420. The number of carbonyl (C=O) groups is 2. The van der Waals surface area contributed by atoms with Crippen molar-refractivity contribution < 1.29 is 9.59 Å². The number of piperidine rings is 1. The van der Waals surface area contributed by atoms with Crippen molar-refractivity contribution in [3.8, 4) is 0 Å². The van der Waals surface area contributed by atoms with Gasteiger partial charge in [0.05, 0.1) is 0 Å². The Morgan fingerprint density at radius 1 is 0.957 bits per heavy atom. The smallest absolute Gasteiger partial charge is 0.243 e. The highest BCUT2D eigenvalue weighted by Gasteiger charge is 2.41. The van der Waals surface area contributed by atoms with Gasteiger partial charge in [-0.15, -0.1) is 0 Å². The van der Waals surface area contributed by atoms with Gasteiger partial charge in [-0.25, -0.2) is 0 Å². The third-order valence-corrected chi connectivity index (χ3v) is 5.64. The summed E-state index contributed by atoms with van der Waals surface area (Å²) in [6.07, 6.45) is 6.53. The third kappa shape index (κ3) is 3.39. The van der Waals surface area contributed by atoms with Gasteiger partial charge in [-0.3, -0.25) is 14.5 Å². The molecule has 5 heteroatoms. The van der Waals surface area contributed by atoms with E-state index in [4.69, 9.17) is 0 Å². The summed E-state index contributed by atoms with van der Waals surface area (Å²) in [7, 11) is 0. The molecule has 130 valence electrons. The van der Waals surface area contributed by atoms with Crippen LogP contribution in [0.2, 0.25) is 0 Å². The molecule has 0 unspecified atom stereocenters. The van der Waals surface area contributed by atoms with E-state index in [2.05, 4.69) is 10.2 Å². The highest BCUT2D eigenvalue weighted by Crippen LogP contribution is 2.29. The molecule has 5 nitrogen and oxygen atoms in total. The number of fused-ring (bicyclic) bond motifs is 1. The van der Waals surface area contributed by atoms with Crippen molar-refractivity contribution in [2.45, 2.75) is 77.4 Å². The summed E-state index contributed by atoms with van der Waals surface area (Å²) in [5.74, 6) is 0.165. The van der Waals surface area contributed by atoms with Crippen LogP contribution in [-0.4, -0.2) is 59.4 Å². The monoisotopic (exact) mass is 321 g/mol. The van der Waals surface area contributed by atoms with Crippen molar-refractivity contribution in [3.63, 3.8) is 0 Å². The van der Waals surface area contributed by atoms with E-state index in [1.807, 2.05) is 25.7 Å². The van der Waals surface area contributed by atoms with Crippen LogP contribution in [0.15, 0.2) is 0 Å². The lowest BCUT2D eigenvalue weighted by molar-refractivity contribution is -0.144. The number of rotatable bonds is 2. The molecular formula is C18H31N3O2. The molecule has 3 rings (SSSR count). The van der Waals surface area contributed by atoms with Crippen LogP contribution in [0.1, 0.15) is 59.3 Å². The molecule has 0 saturated carbocycles. The van der Waals surface area contributed by atoms with Crippen molar-refractivity contribution in [2.24, 2.45) is 5.41 Å². The highest BCUT2D eigenvalue weighted by molar-refractivity contribution is 5.90. The molecule has 0 aromatic carbocycles. The molecule has 3 heterocycles. The lowest BCUT2D eigenvalue weighted by atomic mass is 9.94. The van der Waals surface area contributed by atoms with Crippen molar-refractivity contribution in [1.82, 2.24) is 15.1 Å². The molecular weight excluding hydrogens is 290 g/mol. The topological polar surface area (TPSA) is 52.7 Å². The SMILES string of the molecule is CC(C)(C)C(=O)N1CCC[C@@H]1C(=O)N[C@H]1CCN2CCCC[C@H]12. The maximum Gasteiger partial charge on any atom is 0.243 e. The van der Waals surface area contributed by atoms with E-state index in [9.17, 15) is 9.59 Å². The Kier molecular flexibility index (Phi) is 4.68. The molecule has 0 spiro atoms. The normalized spacial score (nSPS) is 32.0. The second-order valence-electron chi connectivity index (χ2n) is 8.41. The van der Waals surface area contributed by atoms with Gasteiger partial charge in [-0.1, -0.05) is 27.2 Å². The first-order valence-electron chi connectivity index (χ1n) is 9.23. The zero-order chi connectivity index (χ0) is 16.6. The molecule has 3 fully saturated rings. The van der Waals surface area contributed by atoms with Gasteiger partial charge in [0.25, 0.3) is 0 Å². The second kappa shape index (κ2) is 6.42. The zero-order valence-electron chi connectivity index (χ0n) is 14.8. The first-order valence-corrected chi connectivity index (χ1v) is 9.23. The molecule has 3 aliphatic heterocycles. The number of hydrogen-bond acceptors (Lipinski definition) is 3. The van der Waals surface area contributed by atoms with Crippen LogP contribution in [0.4, 0.5) is 0 Å². The Hall–Kier alpha value is -1.10. The van der Waals surface area contributed by atoms with Gasteiger partial charge in [-0.05, 0) is 38.6 Å². The Morgan fingerprint density at radius 2 is 1.74 bits per heavy atom. The van der Waals surface area contributed by atoms with E-state index in [0.29, 0.717) is 12.6 Å². The number of carbonyl (C=O) groups excluding carboxylic acids is 2. The average Bonchev–Trinajstić information content (AvgIpc) is 3.13. The summed E-state index contributed by atoms with van der Waals surface area (Å²) in [4.78, 5) is 29.7. The predicted octanol–water partition coefficient (Wildman–Crippen LogP) is 1.77. The number of amides is 2. The highest BCUT2D eigenvalue weighted by atomic mass is 16.2. The summed E-state index contributed by atoms with van der Waals surface area (Å²) in [6, 6.07) is 0.523. The van der Waals surface area contributed by atoms with Gasteiger partial charge < -0.3 is 10.2 Å². The van der Waals surface area contributed by atoms with E-state index in [1.165, 1.54) is 25.8 Å². The van der Waals surface area contributed by atoms with E-state index in [0.717, 1.165) is 25.8 Å². The summed E-state index contributed by atoms with van der Waals surface area (Å²) in [5, 5.41) is 3.28. The maximum atomic E-state index is 12.8. The fraction of sp³-hybridized carbons (Fsp3) is 0.889. The molecule has 3 aliphatic rings. The standard InChI is InChI=1S/C18H31N3O2/c1-18(2,3)17(23)21-11-6-8-15(21)16(22)19-13-9-12-20-10-5-4-7-14(13)20/h13-15H,4-12H2,1-3H3,(H,19,22)/t13-,14+,15+/m0/s1. The lowest BCUT2D eigenvalue weighted by Gasteiger charge is -2.34. The molecule has 0 bridgehead atoms. The van der Waals surface area contributed by atoms with Gasteiger partial charge in [0.2, 0.25) is 11.8 Å². The van der Waals surface area contributed by atoms with Gasteiger partial charge >= 0.3 is 0 Å². The minimum Gasteiger partial charge on any atom is -0.350 e. The third-order valence-electron chi connectivity index (χ3n) is 5.64. The first kappa shape index (κ1) is 16.7. The largest absolute Gasteiger partial charge is 0.350 e. The Morgan fingerprint density at radius 3 is 2.48 bits per heavy atom. The Labute approximate surface area is 139 Å². The van der Waals surface area contributed by atoms with Crippen LogP contribution in [0.3, 0.4) is 0 Å². The lowest BCUT2D eigenvalue weighted by Crippen LogP contribution is -2.54. The average molecular weight is 321 g/mol. The van der Waals surface area contributed by atoms with Crippen molar-refractivity contribution in [2.75, 3.05) is 19.6 Å². The van der Waals surface area contributed by atoms with E-state index in [1.54, 1.807) is 0 Å². The fourth-order valence-electron chi connectivity index (χ4n) is 4.41. The van der Waals surface area contributed by atoms with Crippen molar-refractivity contribution in [3.05, 3.63) is 0 Å². The number of nitrogens with zero attached hydrogens (tertiary/aromatic N) is 2. The first-order chi connectivity index (χ1) is 10.9. The van der Waals surface area contributed by atoms with Crippen molar-refractivity contribution in [1.29, 1.82) is 0 Å². The van der Waals surface area contributed by atoms with Crippen LogP contribution < -0.4 is 5.32 Å². The number of likely N-dealkylation sites (tertiary alicyclic amines) is 1. The molecule has 23 heavy (non-hydrogen) atoms. The fourth-order valence-corrected chi connectivity index (χ4v) is 4.41. The molecule has 1 N–H and O–H groups in total. The molecule has 2 amide bonds. The van der Waals surface area contributed by atoms with Crippen LogP contribution in [-0.2, 0) is 9.59 Å². The van der Waals surface area contributed by atoms with Crippen LogP contribution >= 0.6 is 0 Å². The predicted molar refractivity (Wildman–Crippen MR) is 89.9 cm³/mol. The van der Waals surface area contributed by atoms with Crippen LogP contribution in [0.5, 0.6) is 0 Å². The van der Waals surface area contributed by atoms with Gasteiger partial charge in [0, 0.05) is 30.6 Å². The van der Waals surface area contributed by atoms with Gasteiger partial charge in [0.1, 0.15) is 6.04 Å². The molecule has 3 atom stereocenters. The molecule has 0 aromatic rings. The van der Waals surface area contributed by atoms with E-state index in [-0.39, 0.29) is 23.9 Å². The molecule has 0 aromatic heterocycles. The number of hydrogen-bond donors (Lipinski definition) is 1. The van der Waals surface area contributed by atoms with Gasteiger partial charge in [-0.2, -0.15) is 0 Å². The summed E-state index contributed by atoms with van der Waals surface area (Å²) in [6.45, 7) is 8.78. The van der Waals surface area contributed by atoms with Crippen LogP contribution in [0.25, 0.3) is 0 Å². The summed E-state index contributed by atoms with van der Waals surface area (Å²) < 4.78 is 0. The number of nitrogens with one attached hydrogen (secondary N) is 1. The van der Waals surface area contributed by atoms with Crippen LogP contribution in [0, 0.1) is 5.41 Å². The Balaban J connectivity index is 1.62. The Bertz CT molecular complexity index is 471. The maximum absolute atomic E-state index is 12.8. The van der Waals surface area contributed by atoms with E-state index < -0.39 is 5.41 Å². The van der Waals surface area contributed by atoms with Gasteiger partial charge in [0.15, 0.2) is 0 Å². The quantitative estimate of drug-likeness (QED) is 0.843. The summed E-state index contributed by atoms with van der Waals surface area (Å²) in [5.41, 5.74) is -0.420. The summed E-state index contributed by atoms with van der Waals surface area (Å²) >= 11 is 0. The van der Waals surface area contributed by atoms with Crippen molar-refractivity contribution >= 4 is 11.8 Å². The molecule has 3 saturated heterocycles. The van der Waals surface area contributed by atoms with E-state index >= 15 is 0 Å².